The lowest BCUT2D eigenvalue weighted by Crippen LogP contribution is -2.47. The molecule has 1 saturated heterocycles. The summed E-state index contributed by atoms with van der Waals surface area (Å²) in [6.45, 7) is 3.25. The van der Waals surface area contributed by atoms with E-state index < -0.39 is 0 Å². The van der Waals surface area contributed by atoms with Crippen LogP contribution in [0.5, 0.6) is 0 Å². The number of nitrogens with zero attached hydrogens (tertiary/aromatic N) is 3. The van der Waals surface area contributed by atoms with Gasteiger partial charge in [0.1, 0.15) is 0 Å². The second-order valence-corrected chi connectivity index (χ2v) is 4.72. The van der Waals surface area contributed by atoms with Crippen LogP contribution in [0.3, 0.4) is 0 Å². The molecule has 0 saturated carbocycles. The largest absolute Gasteiger partial charge is 0.450 e. The number of rotatable bonds is 3. The minimum absolute atomic E-state index is 0.00965. The van der Waals surface area contributed by atoms with Crippen LogP contribution in [-0.4, -0.2) is 52.6 Å². The van der Waals surface area contributed by atoms with Crippen molar-refractivity contribution in [3.63, 3.8) is 0 Å². The maximum absolute atomic E-state index is 12.1. The Kier molecular flexibility index (Phi) is 4.91. The molecule has 0 aliphatic carbocycles. The highest BCUT2D eigenvalue weighted by molar-refractivity contribution is 5.96. The van der Waals surface area contributed by atoms with Crippen LogP contribution in [0.1, 0.15) is 30.3 Å². The van der Waals surface area contributed by atoms with Crippen LogP contribution in [0.15, 0.2) is 12.4 Å². The lowest BCUT2D eigenvalue weighted by Gasteiger charge is -2.31. The molecule has 0 radical (unpaired) electrons. The quantitative estimate of drug-likeness (QED) is 0.835. The van der Waals surface area contributed by atoms with E-state index >= 15 is 0 Å². The maximum Gasteiger partial charge on any atom is 0.409 e. The molecule has 1 fully saturated rings. The van der Waals surface area contributed by atoms with Gasteiger partial charge < -0.3 is 20.7 Å². The molecule has 1 aliphatic rings. The molecule has 0 atom stereocenters. The molecule has 0 unspecified atom stereocenters. The van der Waals surface area contributed by atoms with Crippen molar-refractivity contribution in [2.45, 2.75) is 25.8 Å². The molecule has 1 aromatic heterocycles. The third-order valence-electron chi connectivity index (χ3n) is 3.30. The first-order valence-electron chi connectivity index (χ1n) is 6.91. The van der Waals surface area contributed by atoms with Crippen molar-refractivity contribution in [2.24, 2.45) is 0 Å². The summed E-state index contributed by atoms with van der Waals surface area (Å²) in [6, 6.07) is -0.00965. The Morgan fingerprint density at radius 1 is 1.38 bits per heavy atom. The van der Waals surface area contributed by atoms with Gasteiger partial charge in [0.05, 0.1) is 6.61 Å². The van der Waals surface area contributed by atoms with E-state index in [1.807, 2.05) is 0 Å². The Morgan fingerprint density at radius 2 is 2.05 bits per heavy atom. The number of likely N-dealkylation sites (tertiary alicyclic amines) is 1. The molecule has 1 aromatic rings. The standard InChI is InChI=1S/C13H19N5O3/c1-2-21-13(20)18-7-3-9(4-8-18)17-12(19)10-11(14)16-6-5-15-10/h5-6,9H,2-4,7-8H2,1H3,(H2,14,16)(H,17,19). The number of hydrogen-bond donors (Lipinski definition) is 2. The van der Waals surface area contributed by atoms with Crippen molar-refractivity contribution in [3.05, 3.63) is 18.1 Å². The van der Waals surface area contributed by atoms with Crippen molar-refractivity contribution in [2.75, 3.05) is 25.4 Å². The van der Waals surface area contributed by atoms with Gasteiger partial charge in [0.15, 0.2) is 11.5 Å². The molecule has 21 heavy (non-hydrogen) atoms. The molecular formula is C13H19N5O3. The normalized spacial score (nSPS) is 15.6. The first-order valence-corrected chi connectivity index (χ1v) is 6.91. The zero-order valence-corrected chi connectivity index (χ0v) is 11.9. The summed E-state index contributed by atoms with van der Waals surface area (Å²) in [5, 5.41) is 2.87. The zero-order chi connectivity index (χ0) is 15.2. The lowest BCUT2D eigenvalue weighted by atomic mass is 10.1. The fourth-order valence-corrected chi connectivity index (χ4v) is 2.20. The van der Waals surface area contributed by atoms with Crippen LogP contribution in [0.2, 0.25) is 0 Å². The SMILES string of the molecule is CCOC(=O)N1CCC(NC(=O)c2nccnc2N)CC1. The number of anilines is 1. The number of nitrogen functional groups attached to an aromatic ring is 1. The van der Waals surface area contributed by atoms with Crippen molar-refractivity contribution in [1.82, 2.24) is 20.2 Å². The molecule has 0 spiro atoms. The Labute approximate surface area is 122 Å². The smallest absolute Gasteiger partial charge is 0.409 e. The zero-order valence-electron chi connectivity index (χ0n) is 11.9. The van der Waals surface area contributed by atoms with E-state index in [4.69, 9.17) is 10.5 Å². The second kappa shape index (κ2) is 6.87. The summed E-state index contributed by atoms with van der Waals surface area (Å²) in [4.78, 5) is 33.0. The minimum Gasteiger partial charge on any atom is -0.450 e. The van der Waals surface area contributed by atoms with E-state index in [-0.39, 0.29) is 29.6 Å². The number of carbonyl (C=O) groups excluding carboxylic acids is 2. The van der Waals surface area contributed by atoms with Gasteiger partial charge >= 0.3 is 6.09 Å². The lowest BCUT2D eigenvalue weighted by molar-refractivity contribution is 0.0857. The average Bonchev–Trinajstić information content (AvgIpc) is 2.48. The number of carbonyl (C=O) groups is 2. The highest BCUT2D eigenvalue weighted by Crippen LogP contribution is 2.13. The summed E-state index contributed by atoms with van der Waals surface area (Å²) >= 11 is 0. The van der Waals surface area contributed by atoms with Gasteiger partial charge in [-0.3, -0.25) is 4.79 Å². The van der Waals surface area contributed by atoms with Crippen LogP contribution >= 0.6 is 0 Å². The molecule has 3 N–H and O–H groups in total. The molecule has 0 bridgehead atoms. The van der Waals surface area contributed by atoms with E-state index in [1.165, 1.54) is 12.4 Å². The molecule has 2 heterocycles. The van der Waals surface area contributed by atoms with Crippen LogP contribution < -0.4 is 11.1 Å². The third-order valence-corrected chi connectivity index (χ3v) is 3.30. The predicted molar refractivity (Wildman–Crippen MR) is 75.5 cm³/mol. The summed E-state index contributed by atoms with van der Waals surface area (Å²) in [5.74, 6) is -0.228. The molecular weight excluding hydrogens is 274 g/mol. The monoisotopic (exact) mass is 293 g/mol. The van der Waals surface area contributed by atoms with Crippen molar-refractivity contribution in [3.8, 4) is 0 Å². The number of piperidine rings is 1. The van der Waals surface area contributed by atoms with Gasteiger partial charge in [0.25, 0.3) is 5.91 Å². The van der Waals surface area contributed by atoms with Crippen LogP contribution in [-0.2, 0) is 4.74 Å². The van der Waals surface area contributed by atoms with Crippen molar-refractivity contribution < 1.29 is 14.3 Å². The molecule has 2 amide bonds. The molecule has 8 heteroatoms. The number of ether oxygens (including phenoxy) is 1. The minimum atomic E-state index is -0.338. The maximum atomic E-state index is 12.1. The van der Waals surface area contributed by atoms with E-state index in [9.17, 15) is 9.59 Å². The Hall–Kier alpha value is -2.38. The topological polar surface area (TPSA) is 110 Å². The van der Waals surface area contributed by atoms with Gasteiger partial charge in [-0.1, -0.05) is 0 Å². The van der Waals surface area contributed by atoms with Gasteiger partial charge in [0, 0.05) is 31.5 Å². The van der Waals surface area contributed by atoms with Crippen LogP contribution in [0.25, 0.3) is 0 Å². The Morgan fingerprint density at radius 3 is 2.67 bits per heavy atom. The van der Waals surface area contributed by atoms with E-state index in [0.717, 1.165) is 0 Å². The second-order valence-electron chi connectivity index (χ2n) is 4.72. The van der Waals surface area contributed by atoms with Crippen molar-refractivity contribution >= 4 is 17.8 Å². The van der Waals surface area contributed by atoms with Gasteiger partial charge in [-0.2, -0.15) is 0 Å². The molecule has 114 valence electrons. The molecule has 0 aromatic carbocycles. The van der Waals surface area contributed by atoms with Gasteiger partial charge in [-0.15, -0.1) is 0 Å². The number of amides is 2. The fourth-order valence-electron chi connectivity index (χ4n) is 2.20. The van der Waals surface area contributed by atoms with E-state index in [0.29, 0.717) is 32.5 Å². The number of hydrogen-bond acceptors (Lipinski definition) is 6. The fraction of sp³-hybridized carbons (Fsp3) is 0.538. The van der Waals surface area contributed by atoms with Crippen molar-refractivity contribution in [1.29, 1.82) is 0 Å². The first-order chi connectivity index (χ1) is 10.1. The first kappa shape index (κ1) is 15.0. The van der Waals surface area contributed by atoms with Gasteiger partial charge in [-0.05, 0) is 19.8 Å². The molecule has 1 aliphatic heterocycles. The van der Waals surface area contributed by atoms with Crippen LogP contribution in [0, 0.1) is 0 Å². The Bertz CT molecular complexity index is 514. The van der Waals surface area contributed by atoms with Gasteiger partial charge in [0.2, 0.25) is 0 Å². The number of nitrogens with one attached hydrogen (secondary N) is 1. The van der Waals surface area contributed by atoms with E-state index in [2.05, 4.69) is 15.3 Å². The highest BCUT2D eigenvalue weighted by atomic mass is 16.6. The Balaban J connectivity index is 1.85. The summed E-state index contributed by atoms with van der Waals surface area (Å²) in [6.07, 6.45) is 3.90. The number of nitrogens with two attached hydrogens (primary N) is 1. The highest BCUT2D eigenvalue weighted by Gasteiger charge is 2.25. The summed E-state index contributed by atoms with van der Waals surface area (Å²) in [7, 11) is 0. The summed E-state index contributed by atoms with van der Waals surface area (Å²) < 4.78 is 4.95. The predicted octanol–water partition coefficient (Wildman–Crippen LogP) is 0.409. The summed E-state index contributed by atoms with van der Waals surface area (Å²) in [5.41, 5.74) is 5.75. The molecule has 8 nitrogen and oxygen atoms in total. The average molecular weight is 293 g/mol. The van der Waals surface area contributed by atoms with Crippen LogP contribution in [0.4, 0.5) is 10.6 Å². The van der Waals surface area contributed by atoms with E-state index in [1.54, 1.807) is 11.8 Å². The molecule has 2 rings (SSSR count). The third kappa shape index (κ3) is 3.80. The number of aromatic nitrogens is 2. The van der Waals surface area contributed by atoms with Gasteiger partial charge in [-0.25, -0.2) is 14.8 Å².